The van der Waals surface area contributed by atoms with Crippen molar-refractivity contribution in [3.8, 4) is 11.9 Å². The van der Waals surface area contributed by atoms with E-state index in [1.54, 1.807) is 18.3 Å². The Morgan fingerprint density at radius 1 is 1.19 bits per heavy atom. The summed E-state index contributed by atoms with van der Waals surface area (Å²) >= 11 is 0. The number of benzene rings is 1. The van der Waals surface area contributed by atoms with E-state index in [-0.39, 0.29) is 5.56 Å². The van der Waals surface area contributed by atoms with Crippen LogP contribution < -0.4 is 5.56 Å². The van der Waals surface area contributed by atoms with E-state index in [0.717, 1.165) is 30.4 Å². The summed E-state index contributed by atoms with van der Waals surface area (Å²) in [5.74, 6) is 0.862. The second-order valence-electron chi connectivity index (χ2n) is 7.18. The fourth-order valence-corrected chi connectivity index (χ4v) is 3.94. The van der Waals surface area contributed by atoms with Gasteiger partial charge >= 0.3 is 0 Å². The number of aryl methyl sites for hydroxylation is 2. The van der Waals surface area contributed by atoms with Crippen LogP contribution in [0.15, 0.2) is 47.5 Å². The third-order valence-electron chi connectivity index (χ3n) is 5.34. The third kappa shape index (κ3) is 3.15. The first-order valence-electron chi connectivity index (χ1n) is 9.10. The van der Waals surface area contributed by atoms with Crippen LogP contribution >= 0.6 is 0 Å². The van der Waals surface area contributed by atoms with Crippen molar-refractivity contribution >= 4 is 0 Å². The molecular formula is C22H20N4O. The third-order valence-corrected chi connectivity index (χ3v) is 5.34. The second-order valence-corrected chi connectivity index (χ2v) is 7.18. The van der Waals surface area contributed by atoms with E-state index in [2.05, 4.69) is 42.1 Å². The summed E-state index contributed by atoms with van der Waals surface area (Å²) in [5, 5.41) is 13.2. The molecule has 4 rings (SSSR count). The van der Waals surface area contributed by atoms with Crippen molar-refractivity contribution in [2.24, 2.45) is 0 Å². The number of hydrogen-bond donors (Lipinski definition) is 0. The van der Waals surface area contributed by atoms with Crippen molar-refractivity contribution in [3.05, 3.63) is 86.5 Å². The van der Waals surface area contributed by atoms with Crippen LogP contribution in [0, 0.1) is 25.2 Å². The monoisotopic (exact) mass is 356 g/mol. The molecule has 0 saturated carbocycles. The van der Waals surface area contributed by atoms with Crippen LogP contribution in [0.4, 0.5) is 0 Å². The molecule has 0 fully saturated rings. The molecule has 3 aromatic rings. The number of nitriles is 1. The van der Waals surface area contributed by atoms with Crippen LogP contribution in [-0.4, -0.2) is 14.8 Å². The molecule has 1 aromatic carbocycles. The zero-order valence-corrected chi connectivity index (χ0v) is 15.4. The van der Waals surface area contributed by atoms with Gasteiger partial charge in [0.25, 0.3) is 5.56 Å². The smallest absolute Gasteiger partial charge is 0.267 e. The SMILES string of the molecule is Cc1ccc(C2CCc3c(cnn(-c4ccc(C#N)cn4)c3=O)C2)c(C)c1. The molecule has 5 heteroatoms. The van der Waals surface area contributed by atoms with E-state index in [4.69, 9.17) is 5.26 Å². The molecule has 2 aromatic heterocycles. The van der Waals surface area contributed by atoms with Gasteiger partial charge in [-0.05, 0) is 67.9 Å². The first-order valence-corrected chi connectivity index (χ1v) is 9.10. The molecule has 1 aliphatic rings. The molecule has 0 saturated heterocycles. The molecule has 0 amide bonds. The van der Waals surface area contributed by atoms with Gasteiger partial charge in [0, 0.05) is 11.8 Å². The summed E-state index contributed by atoms with van der Waals surface area (Å²) in [6.07, 6.45) is 5.79. The number of pyridine rings is 1. The average molecular weight is 356 g/mol. The van der Waals surface area contributed by atoms with Gasteiger partial charge in [0.05, 0.1) is 11.8 Å². The molecule has 1 aliphatic carbocycles. The minimum atomic E-state index is -0.108. The highest BCUT2D eigenvalue weighted by Gasteiger charge is 2.24. The summed E-state index contributed by atoms with van der Waals surface area (Å²) in [5.41, 5.74) is 6.16. The Kier molecular flexibility index (Phi) is 4.33. The van der Waals surface area contributed by atoms with Crippen molar-refractivity contribution in [2.75, 3.05) is 0 Å². The van der Waals surface area contributed by atoms with Gasteiger partial charge in [-0.25, -0.2) is 4.98 Å². The molecule has 1 atom stereocenters. The largest absolute Gasteiger partial charge is 0.276 e. The lowest BCUT2D eigenvalue weighted by Gasteiger charge is -2.26. The van der Waals surface area contributed by atoms with Gasteiger partial charge in [0.1, 0.15) is 6.07 Å². The van der Waals surface area contributed by atoms with E-state index in [0.29, 0.717) is 17.3 Å². The quantitative estimate of drug-likeness (QED) is 0.706. The van der Waals surface area contributed by atoms with Gasteiger partial charge in [-0.2, -0.15) is 15.0 Å². The fourth-order valence-electron chi connectivity index (χ4n) is 3.94. The van der Waals surface area contributed by atoms with Gasteiger partial charge in [0.15, 0.2) is 5.82 Å². The Morgan fingerprint density at radius 2 is 2.04 bits per heavy atom. The number of fused-ring (bicyclic) bond motifs is 1. The van der Waals surface area contributed by atoms with Crippen LogP contribution in [0.2, 0.25) is 0 Å². The molecule has 2 heterocycles. The van der Waals surface area contributed by atoms with Gasteiger partial charge in [-0.3, -0.25) is 4.79 Å². The summed E-state index contributed by atoms with van der Waals surface area (Å²) in [4.78, 5) is 17.1. The first-order chi connectivity index (χ1) is 13.1. The van der Waals surface area contributed by atoms with Crippen LogP contribution in [-0.2, 0) is 12.8 Å². The highest BCUT2D eigenvalue weighted by molar-refractivity contribution is 5.38. The predicted molar refractivity (Wildman–Crippen MR) is 103 cm³/mol. The van der Waals surface area contributed by atoms with Gasteiger partial charge < -0.3 is 0 Å². The Morgan fingerprint density at radius 3 is 2.74 bits per heavy atom. The number of nitrogens with zero attached hydrogens (tertiary/aromatic N) is 4. The first kappa shape index (κ1) is 17.2. The van der Waals surface area contributed by atoms with Crippen molar-refractivity contribution in [1.82, 2.24) is 14.8 Å². The zero-order chi connectivity index (χ0) is 19.0. The van der Waals surface area contributed by atoms with Crippen molar-refractivity contribution in [1.29, 1.82) is 5.26 Å². The highest BCUT2D eigenvalue weighted by Crippen LogP contribution is 2.33. The molecule has 0 radical (unpaired) electrons. The Bertz CT molecular complexity index is 1110. The standard InChI is InChI=1S/C22H20N4O/c1-14-3-6-19(15(2)9-14)17-5-7-20-18(10-17)13-25-26(22(20)27)21-8-4-16(11-23)12-24-21/h3-4,6,8-9,12-13,17H,5,7,10H2,1-2H3. The average Bonchev–Trinajstić information content (AvgIpc) is 2.68. The van der Waals surface area contributed by atoms with E-state index in [1.807, 2.05) is 6.07 Å². The van der Waals surface area contributed by atoms with Crippen LogP contribution in [0.1, 0.15) is 45.7 Å². The van der Waals surface area contributed by atoms with E-state index < -0.39 is 0 Å². The van der Waals surface area contributed by atoms with Crippen molar-refractivity contribution in [2.45, 2.75) is 39.0 Å². The summed E-state index contributed by atoms with van der Waals surface area (Å²) < 4.78 is 1.33. The molecule has 0 aliphatic heterocycles. The van der Waals surface area contributed by atoms with Gasteiger partial charge in [-0.15, -0.1) is 0 Å². The Balaban J connectivity index is 1.67. The van der Waals surface area contributed by atoms with Crippen LogP contribution in [0.3, 0.4) is 0 Å². The maximum atomic E-state index is 12.9. The van der Waals surface area contributed by atoms with Gasteiger partial charge in [-0.1, -0.05) is 23.8 Å². The number of aromatic nitrogens is 3. The molecule has 0 bridgehead atoms. The zero-order valence-electron chi connectivity index (χ0n) is 15.4. The minimum Gasteiger partial charge on any atom is -0.267 e. The van der Waals surface area contributed by atoms with Crippen molar-refractivity contribution < 1.29 is 0 Å². The van der Waals surface area contributed by atoms with E-state index in [1.165, 1.54) is 27.6 Å². The fraction of sp³-hybridized carbons (Fsp3) is 0.273. The van der Waals surface area contributed by atoms with Crippen molar-refractivity contribution in [3.63, 3.8) is 0 Å². The van der Waals surface area contributed by atoms with Crippen LogP contribution in [0.5, 0.6) is 0 Å². The molecule has 0 spiro atoms. The maximum absolute atomic E-state index is 12.9. The molecule has 27 heavy (non-hydrogen) atoms. The molecule has 1 unspecified atom stereocenters. The lowest BCUT2D eigenvalue weighted by atomic mass is 9.79. The Hall–Kier alpha value is -3.26. The molecule has 0 N–H and O–H groups in total. The van der Waals surface area contributed by atoms with Crippen LogP contribution in [0.25, 0.3) is 5.82 Å². The topological polar surface area (TPSA) is 71.6 Å². The summed E-state index contributed by atoms with van der Waals surface area (Å²) in [6.45, 7) is 4.27. The highest BCUT2D eigenvalue weighted by atomic mass is 16.1. The second kappa shape index (κ2) is 6.81. The number of rotatable bonds is 2. The lowest BCUT2D eigenvalue weighted by Crippen LogP contribution is -2.30. The van der Waals surface area contributed by atoms with E-state index in [9.17, 15) is 4.79 Å². The molecule has 134 valence electrons. The predicted octanol–water partition coefficient (Wildman–Crippen LogP) is 3.39. The minimum absolute atomic E-state index is 0.108. The molecular weight excluding hydrogens is 336 g/mol. The summed E-state index contributed by atoms with van der Waals surface area (Å²) in [6, 6.07) is 11.9. The number of hydrogen-bond acceptors (Lipinski definition) is 4. The maximum Gasteiger partial charge on any atom is 0.276 e. The lowest BCUT2D eigenvalue weighted by molar-refractivity contribution is 0.565. The molecule has 5 nitrogen and oxygen atoms in total. The summed E-state index contributed by atoms with van der Waals surface area (Å²) in [7, 11) is 0. The van der Waals surface area contributed by atoms with E-state index >= 15 is 0 Å². The van der Waals surface area contributed by atoms with Gasteiger partial charge in [0.2, 0.25) is 0 Å². The Labute approximate surface area is 157 Å². The normalized spacial score (nSPS) is 15.8.